The van der Waals surface area contributed by atoms with E-state index in [2.05, 4.69) is 5.32 Å². The van der Waals surface area contributed by atoms with Crippen LogP contribution in [0.4, 0.5) is 0 Å². The predicted molar refractivity (Wildman–Crippen MR) is 71.2 cm³/mol. The highest BCUT2D eigenvalue weighted by molar-refractivity contribution is 5.92. The number of hydrogen-bond donors (Lipinski definition) is 2. The lowest BCUT2D eigenvalue weighted by atomic mass is 10.0. The van der Waals surface area contributed by atoms with E-state index in [9.17, 15) is 9.90 Å². The molecule has 1 aliphatic rings. The van der Waals surface area contributed by atoms with Crippen molar-refractivity contribution in [1.82, 2.24) is 5.32 Å². The van der Waals surface area contributed by atoms with Crippen LogP contribution >= 0.6 is 0 Å². The normalized spacial score (nSPS) is 18.3. The Hall–Kier alpha value is -1.75. The van der Waals surface area contributed by atoms with Gasteiger partial charge in [0.1, 0.15) is 5.56 Å². The summed E-state index contributed by atoms with van der Waals surface area (Å²) in [7, 11) is 2.96. The molecule has 1 unspecified atom stereocenters. The summed E-state index contributed by atoms with van der Waals surface area (Å²) in [6.07, 6.45) is 3.10. The van der Waals surface area contributed by atoms with Crippen molar-refractivity contribution in [2.45, 2.75) is 25.3 Å². The monoisotopic (exact) mass is 265 g/mol. The van der Waals surface area contributed by atoms with Crippen LogP contribution in [0, 0.1) is 0 Å². The van der Waals surface area contributed by atoms with Crippen LogP contribution in [-0.2, 0) is 6.42 Å². The molecule has 1 aromatic rings. The fraction of sp³-hybridized carbons (Fsp3) is 0.500. The molecule has 5 nitrogen and oxygen atoms in total. The summed E-state index contributed by atoms with van der Waals surface area (Å²) >= 11 is 0. The van der Waals surface area contributed by atoms with Gasteiger partial charge in [0.25, 0.3) is 0 Å². The van der Waals surface area contributed by atoms with Crippen LogP contribution < -0.4 is 14.8 Å². The summed E-state index contributed by atoms with van der Waals surface area (Å²) in [5.41, 5.74) is 1.10. The SMILES string of the molecule is COc1cc(CC2CCCN2)cc(C(=O)O)c1OC. The molecule has 1 saturated heterocycles. The Bertz CT molecular complexity index is 467. The van der Waals surface area contributed by atoms with Gasteiger partial charge in [-0.3, -0.25) is 0 Å². The van der Waals surface area contributed by atoms with Crippen molar-refractivity contribution in [2.75, 3.05) is 20.8 Å². The molecule has 0 radical (unpaired) electrons. The fourth-order valence-corrected chi connectivity index (χ4v) is 2.51. The number of carboxylic acid groups (broad SMARTS) is 1. The maximum Gasteiger partial charge on any atom is 0.339 e. The molecule has 2 N–H and O–H groups in total. The lowest BCUT2D eigenvalue weighted by Gasteiger charge is -2.15. The zero-order valence-corrected chi connectivity index (χ0v) is 11.2. The molecule has 1 heterocycles. The van der Waals surface area contributed by atoms with Gasteiger partial charge in [-0.2, -0.15) is 0 Å². The zero-order valence-electron chi connectivity index (χ0n) is 11.2. The van der Waals surface area contributed by atoms with Crippen molar-refractivity contribution in [3.63, 3.8) is 0 Å². The van der Waals surface area contributed by atoms with Crippen molar-refractivity contribution in [3.8, 4) is 11.5 Å². The van der Waals surface area contributed by atoms with Crippen molar-refractivity contribution in [3.05, 3.63) is 23.3 Å². The van der Waals surface area contributed by atoms with Crippen LogP contribution in [0.1, 0.15) is 28.8 Å². The number of methoxy groups -OCH3 is 2. The van der Waals surface area contributed by atoms with Gasteiger partial charge < -0.3 is 19.9 Å². The van der Waals surface area contributed by atoms with Crippen LogP contribution in [0.3, 0.4) is 0 Å². The fourth-order valence-electron chi connectivity index (χ4n) is 2.51. The zero-order chi connectivity index (χ0) is 13.8. The number of carboxylic acids is 1. The van der Waals surface area contributed by atoms with Crippen LogP contribution in [0.5, 0.6) is 11.5 Å². The molecular weight excluding hydrogens is 246 g/mol. The molecule has 1 fully saturated rings. The Morgan fingerprint density at radius 3 is 2.74 bits per heavy atom. The van der Waals surface area contributed by atoms with E-state index in [4.69, 9.17) is 9.47 Å². The van der Waals surface area contributed by atoms with E-state index in [0.29, 0.717) is 11.8 Å². The number of carbonyl (C=O) groups is 1. The average molecular weight is 265 g/mol. The van der Waals surface area contributed by atoms with Gasteiger partial charge in [-0.05, 0) is 43.5 Å². The van der Waals surface area contributed by atoms with Crippen LogP contribution in [0.25, 0.3) is 0 Å². The van der Waals surface area contributed by atoms with E-state index in [-0.39, 0.29) is 11.3 Å². The lowest BCUT2D eigenvalue weighted by molar-refractivity contribution is 0.0692. The van der Waals surface area contributed by atoms with E-state index in [1.54, 1.807) is 6.07 Å². The molecule has 2 rings (SSSR count). The van der Waals surface area contributed by atoms with Gasteiger partial charge >= 0.3 is 5.97 Å². The molecule has 104 valence electrons. The number of nitrogens with one attached hydrogen (secondary N) is 1. The minimum Gasteiger partial charge on any atom is -0.493 e. The summed E-state index contributed by atoms with van der Waals surface area (Å²) in [4.78, 5) is 11.3. The standard InChI is InChI=1S/C14H19NO4/c1-18-12-8-9(6-10-4-3-5-15-10)7-11(14(16)17)13(12)19-2/h7-8,10,15H,3-6H2,1-2H3,(H,16,17). The number of ether oxygens (including phenoxy) is 2. The van der Waals surface area contributed by atoms with Crippen molar-refractivity contribution in [1.29, 1.82) is 0 Å². The molecular formula is C14H19NO4. The van der Waals surface area contributed by atoms with Crippen molar-refractivity contribution >= 4 is 5.97 Å². The Balaban J connectivity index is 2.33. The number of benzene rings is 1. The minimum atomic E-state index is -1.00. The van der Waals surface area contributed by atoms with Gasteiger partial charge in [0.05, 0.1) is 14.2 Å². The third-order valence-electron chi connectivity index (χ3n) is 3.41. The first-order valence-corrected chi connectivity index (χ1v) is 6.37. The van der Waals surface area contributed by atoms with Gasteiger partial charge in [-0.1, -0.05) is 0 Å². The molecule has 0 spiro atoms. The van der Waals surface area contributed by atoms with Gasteiger partial charge in [-0.25, -0.2) is 4.79 Å². The third-order valence-corrected chi connectivity index (χ3v) is 3.41. The van der Waals surface area contributed by atoms with Gasteiger partial charge in [-0.15, -0.1) is 0 Å². The van der Waals surface area contributed by atoms with E-state index in [0.717, 1.165) is 24.9 Å². The van der Waals surface area contributed by atoms with Gasteiger partial charge in [0.15, 0.2) is 11.5 Å². The lowest BCUT2D eigenvalue weighted by Crippen LogP contribution is -2.23. The minimum absolute atomic E-state index is 0.148. The quantitative estimate of drug-likeness (QED) is 0.848. The molecule has 1 aliphatic heterocycles. The summed E-state index contributed by atoms with van der Waals surface area (Å²) in [6, 6.07) is 3.94. The average Bonchev–Trinajstić information content (AvgIpc) is 2.90. The summed E-state index contributed by atoms with van der Waals surface area (Å²) in [6.45, 7) is 1.03. The first kappa shape index (κ1) is 13.7. The van der Waals surface area contributed by atoms with E-state index in [1.165, 1.54) is 20.6 Å². The summed E-state index contributed by atoms with van der Waals surface area (Å²) in [5, 5.41) is 12.7. The van der Waals surface area contributed by atoms with Crippen LogP contribution in [-0.4, -0.2) is 37.9 Å². The number of hydrogen-bond acceptors (Lipinski definition) is 4. The van der Waals surface area contributed by atoms with E-state index in [1.807, 2.05) is 6.07 Å². The van der Waals surface area contributed by atoms with Crippen molar-refractivity contribution < 1.29 is 19.4 Å². The summed E-state index contributed by atoms with van der Waals surface area (Å²) in [5.74, 6) is -0.259. The second-order valence-electron chi connectivity index (χ2n) is 4.68. The molecule has 1 aromatic carbocycles. The number of rotatable bonds is 5. The second kappa shape index (κ2) is 5.93. The Kier molecular flexibility index (Phi) is 4.27. The molecule has 0 saturated carbocycles. The second-order valence-corrected chi connectivity index (χ2v) is 4.68. The highest BCUT2D eigenvalue weighted by Gasteiger charge is 2.20. The molecule has 5 heteroatoms. The highest BCUT2D eigenvalue weighted by Crippen LogP contribution is 2.33. The smallest absolute Gasteiger partial charge is 0.339 e. The predicted octanol–water partition coefficient (Wildman–Crippen LogP) is 1.70. The first-order chi connectivity index (χ1) is 9.15. The Morgan fingerprint density at radius 1 is 1.42 bits per heavy atom. The molecule has 19 heavy (non-hydrogen) atoms. The molecule has 1 atom stereocenters. The Labute approximate surface area is 112 Å². The maximum absolute atomic E-state index is 11.3. The molecule has 0 aromatic heterocycles. The molecule has 0 amide bonds. The Morgan fingerprint density at radius 2 is 2.21 bits per heavy atom. The number of aromatic carboxylic acids is 1. The van der Waals surface area contributed by atoms with E-state index >= 15 is 0 Å². The molecule has 0 bridgehead atoms. The van der Waals surface area contributed by atoms with E-state index < -0.39 is 5.97 Å². The van der Waals surface area contributed by atoms with Crippen molar-refractivity contribution in [2.24, 2.45) is 0 Å². The van der Waals surface area contributed by atoms with Crippen LogP contribution in [0.15, 0.2) is 12.1 Å². The molecule has 0 aliphatic carbocycles. The third kappa shape index (κ3) is 2.98. The van der Waals surface area contributed by atoms with Gasteiger partial charge in [0.2, 0.25) is 0 Å². The first-order valence-electron chi connectivity index (χ1n) is 6.37. The largest absolute Gasteiger partial charge is 0.493 e. The maximum atomic E-state index is 11.3. The van der Waals surface area contributed by atoms with Gasteiger partial charge in [0, 0.05) is 6.04 Å². The topological polar surface area (TPSA) is 67.8 Å². The summed E-state index contributed by atoms with van der Waals surface area (Å²) < 4.78 is 10.4. The highest BCUT2D eigenvalue weighted by atomic mass is 16.5. The van der Waals surface area contributed by atoms with Crippen LogP contribution in [0.2, 0.25) is 0 Å².